The maximum atomic E-state index is 12.8. The maximum absolute atomic E-state index is 12.8. The Kier molecular flexibility index (Phi) is 5.74. The molecule has 2 aromatic carbocycles. The van der Waals surface area contributed by atoms with E-state index in [4.69, 9.17) is 0 Å². The first-order valence-corrected chi connectivity index (χ1v) is 11.6. The highest BCUT2D eigenvalue weighted by Gasteiger charge is 2.51. The Morgan fingerprint density at radius 2 is 1.66 bits per heavy atom. The zero-order chi connectivity index (χ0) is 22.0. The lowest BCUT2D eigenvalue weighted by Crippen LogP contribution is -2.66. The van der Waals surface area contributed by atoms with Crippen molar-refractivity contribution in [2.75, 3.05) is 44.3 Å². The number of carbonyl (C=O) groups excluding carboxylic acids is 2. The lowest BCUT2D eigenvalue weighted by atomic mass is 9.84. The van der Waals surface area contributed by atoms with Crippen LogP contribution in [0.5, 0.6) is 0 Å². The second-order valence-electron chi connectivity index (χ2n) is 9.02. The smallest absolute Gasteiger partial charge is 0.317 e. The summed E-state index contributed by atoms with van der Waals surface area (Å²) < 4.78 is 0. The minimum Gasteiger partial charge on any atom is -0.339 e. The third-order valence-corrected chi connectivity index (χ3v) is 7.23. The normalized spacial score (nSPS) is 20.8. The highest BCUT2D eigenvalue weighted by atomic mass is 16.2. The van der Waals surface area contributed by atoms with Gasteiger partial charge in [-0.05, 0) is 37.0 Å². The van der Waals surface area contributed by atoms with Crippen molar-refractivity contribution in [2.24, 2.45) is 0 Å². The Hall–Kier alpha value is -3.06. The van der Waals surface area contributed by atoms with Crippen LogP contribution in [0.1, 0.15) is 18.4 Å². The van der Waals surface area contributed by atoms with E-state index in [0.29, 0.717) is 19.3 Å². The number of likely N-dealkylation sites (tertiary alicyclic amines) is 2. The molecular formula is C25H31N5O2. The van der Waals surface area contributed by atoms with Crippen molar-refractivity contribution in [3.05, 3.63) is 66.2 Å². The number of hydrogen-bond donors (Lipinski definition) is 2. The predicted molar refractivity (Wildman–Crippen MR) is 124 cm³/mol. The summed E-state index contributed by atoms with van der Waals surface area (Å²) in [6, 6.07) is 20.8. The van der Waals surface area contributed by atoms with E-state index in [0.717, 1.165) is 51.1 Å². The van der Waals surface area contributed by atoms with Gasteiger partial charge in [-0.3, -0.25) is 9.69 Å². The molecular weight excluding hydrogens is 402 g/mol. The van der Waals surface area contributed by atoms with E-state index in [-0.39, 0.29) is 11.9 Å². The Labute approximate surface area is 189 Å². The number of nitrogens with one attached hydrogen (secondary N) is 2. The third kappa shape index (κ3) is 3.93. The van der Waals surface area contributed by atoms with Gasteiger partial charge in [-0.1, -0.05) is 48.5 Å². The quantitative estimate of drug-likeness (QED) is 0.758. The van der Waals surface area contributed by atoms with E-state index in [1.165, 1.54) is 5.56 Å². The van der Waals surface area contributed by atoms with E-state index in [1.807, 2.05) is 41.3 Å². The molecule has 7 nitrogen and oxygen atoms in total. The van der Waals surface area contributed by atoms with Crippen molar-refractivity contribution >= 4 is 17.6 Å². The summed E-state index contributed by atoms with van der Waals surface area (Å²) in [5, 5.41) is 6.10. The Morgan fingerprint density at radius 1 is 1.00 bits per heavy atom. The monoisotopic (exact) mass is 433 g/mol. The van der Waals surface area contributed by atoms with Crippen LogP contribution >= 0.6 is 0 Å². The molecule has 32 heavy (non-hydrogen) atoms. The SMILES string of the molecule is O=C(NCCc1ccccc1)N1CC(N2CCC3(CC2)C(=O)NCN3c2ccccc2)C1. The molecule has 3 aliphatic rings. The standard InChI is InChI=1S/C25H31N5O2/c31-23-25(30(19-27-23)21-9-5-2-6-10-21)12-15-28(16-13-25)22-17-29(18-22)24(32)26-14-11-20-7-3-1-4-8-20/h1-10,22H,11-19H2,(H,26,32)(H,27,31). The minimum atomic E-state index is -0.448. The van der Waals surface area contributed by atoms with Crippen LogP contribution in [0, 0.1) is 0 Å². The first-order valence-electron chi connectivity index (χ1n) is 11.6. The van der Waals surface area contributed by atoms with Crippen molar-refractivity contribution in [1.82, 2.24) is 20.4 Å². The highest BCUT2D eigenvalue weighted by molar-refractivity contribution is 5.93. The van der Waals surface area contributed by atoms with Gasteiger partial charge >= 0.3 is 6.03 Å². The van der Waals surface area contributed by atoms with Crippen molar-refractivity contribution in [3.8, 4) is 0 Å². The molecule has 3 heterocycles. The third-order valence-electron chi connectivity index (χ3n) is 7.23. The molecule has 3 aliphatic heterocycles. The molecule has 0 aromatic heterocycles. The van der Waals surface area contributed by atoms with Gasteiger partial charge in [-0.25, -0.2) is 4.79 Å². The first kappa shape index (κ1) is 20.8. The second kappa shape index (κ2) is 8.82. The minimum absolute atomic E-state index is 0.0242. The number of urea groups is 1. The van der Waals surface area contributed by atoms with Gasteiger partial charge in [0.1, 0.15) is 5.54 Å². The fourth-order valence-corrected chi connectivity index (χ4v) is 5.21. The van der Waals surface area contributed by atoms with Crippen LogP contribution < -0.4 is 15.5 Å². The van der Waals surface area contributed by atoms with Crippen LogP contribution in [0.15, 0.2) is 60.7 Å². The zero-order valence-electron chi connectivity index (χ0n) is 18.4. The average molecular weight is 434 g/mol. The van der Waals surface area contributed by atoms with E-state index in [2.05, 4.69) is 44.7 Å². The predicted octanol–water partition coefficient (Wildman–Crippen LogP) is 2.05. The van der Waals surface area contributed by atoms with Crippen LogP contribution in [0.2, 0.25) is 0 Å². The van der Waals surface area contributed by atoms with Gasteiger partial charge in [0.05, 0.1) is 6.67 Å². The van der Waals surface area contributed by atoms with Crippen LogP contribution in [-0.2, 0) is 11.2 Å². The van der Waals surface area contributed by atoms with E-state index in [1.54, 1.807) is 0 Å². The Bertz CT molecular complexity index is 937. The molecule has 5 rings (SSSR count). The number of nitrogens with zero attached hydrogens (tertiary/aromatic N) is 3. The molecule has 0 saturated carbocycles. The van der Waals surface area contributed by atoms with Gasteiger partial charge in [0.15, 0.2) is 0 Å². The fourth-order valence-electron chi connectivity index (χ4n) is 5.21. The summed E-state index contributed by atoms with van der Waals surface area (Å²) in [5.74, 6) is 0.147. The molecule has 0 radical (unpaired) electrons. The number of anilines is 1. The molecule has 168 valence electrons. The van der Waals surface area contributed by atoms with E-state index in [9.17, 15) is 9.59 Å². The summed E-state index contributed by atoms with van der Waals surface area (Å²) in [6.45, 7) is 4.51. The second-order valence-corrected chi connectivity index (χ2v) is 9.02. The molecule has 1 spiro atoms. The van der Waals surface area contributed by atoms with Crippen molar-refractivity contribution in [2.45, 2.75) is 30.8 Å². The van der Waals surface area contributed by atoms with Gasteiger partial charge in [0.25, 0.3) is 0 Å². The number of rotatable bonds is 5. The lowest BCUT2D eigenvalue weighted by molar-refractivity contribution is -0.125. The largest absolute Gasteiger partial charge is 0.339 e. The van der Waals surface area contributed by atoms with Gasteiger partial charge in [0, 0.05) is 44.5 Å². The summed E-state index contributed by atoms with van der Waals surface area (Å²) in [5.41, 5.74) is 1.88. The summed E-state index contributed by atoms with van der Waals surface area (Å²) in [6.07, 6.45) is 2.47. The van der Waals surface area contributed by atoms with Crippen molar-refractivity contribution < 1.29 is 9.59 Å². The number of benzene rings is 2. The molecule has 3 amide bonds. The molecule has 2 N–H and O–H groups in total. The highest BCUT2D eigenvalue weighted by Crippen LogP contribution is 2.37. The lowest BCUT2D eigenvalue weighted by Gasteiger charge is -2.50. The number of piperidine rings is 1. The summed E-state index contributed by atoms with van der Waals surface area (Å²) in [7, 11) is 0. The molecule has 3 fully saturated rings. The molecule has 0 bridgehead atoms. The van der Waals surface area contributed by atoms with E-state index >= 15 is 0 Å². The van der Waals surface area contributed by atoms with Gasteiger partial charge in [0.2, 0.25) is 5.91 Å². The van der Waals surface area contributed by atoms with Gasteiger partial charge in [-0.15, -0.1) is 0 Å². The van der Waals surface area contributed by atoms with Crippen molar-refractivity contribution in [3.63, 3.8) is 0 Å². The van der Waals surface area contributed by atoms with Crippen LogP contribution in [0.4, 0.5) is 10.5 Å². The molecule has 0 atom stereocenters. The fraction of sp³-hybridized carbons (Fsp3) is 0.440. The molecule has 2 aromatic rings. The number of amides is 3. The topological polar surface area (TPSA) is 67.9 Å². The van der Waals surface area contributed by atoms with Crippen molar-refractivity contribution in [1.29, 1.82) is 0 Å². The first-order chi connectivity index (χ1) is 15.7. The molecule has 0 unspecified atom stereocenters. The average Bonchev–Trinajstić information content (AvgIpc) is 3.11. The summed E-state index contributed by atoms with van der Waals surface area (Å²) >= 11 is 0. The number of hydrogen-bond acceptors (Lipinski definition) is 4. The maximum Gasteiger partial charge on any atom is 0.317 e. The number of carbonyl (C=O) groups is 2. The van der Waals surface area contributed by atoms with Crippen LogP contribution in [0.3, 0.4) is 0 Å². The van der Waals surface area contributed by atoms with E-state index < -0.39 is 5.54 Å². The van der Waals surface area contributed by atoms with Crippen LogP contribution in [0.25, 0.3) is 0 Å². The van der Waals surface area contributed by atoms with Crippen LogP contribution in [-0.4, -0.2) is 72.7 Å². The number of para-hydroxylation sites is 1. The molecule has 0 aliphatic carbocycles. The van der Waals surface area contributed by atoms with Gasteiger partial charge in [-0.2, -0.15) is 0 Å². The summed E-state index contributed by atoms with van der Waals surface area (Å²) in [4.78, 5) is 31.8. The molecule has 7 heteroatoms. The Balaban J connectivity index is 1.09. The van der Waals surface area contributed by atoms with Gasteiger partial charge < -0.3 is 20.4 Å². The zero-order valence-corrected chi connectivity index (χ0v) is 18.4. The molecule has 3 saturated heterocycles. The Morgan fingerprint density at radius 3 is 2.34 bits per heavy atom.